The molecule has 1 N–H and O–H groups in total. The van der Waals surface area contributed by atoms with Crippen LogP contribution in [0.3, 0.4) is 0 Å². The maximum atomic E-state index is 11.5. The van der Waals surface area contributed by atoms with Crippen molar-refractivity contribution >= 4 is 23.3 Å². The van der Waals surface area contributed by atoms with Crippen LogP contribution in [0.4, 0.5) is 5.69 Å². The van der Waals surface area contributed by atoms with Crippen LogP contribution in [0.2, 0.25) is 0 Å². The van der Waals surface area contributed by atoms with Crippen LogP contribution in [0.15, 0.2) is 36.4 Å². The van der Waals surface area contributed by atoms with E-state index >= 15 is 0 Å². The minimum Gasteiger partial charge on any atom is -0.452 e. The Bertz CT molecular complexity index is 517. The molecule has 0 radical (unpaired) electrons. The SMILES string of the molecule is C=C(C)C(=O)OCC(=O)Nc1ccc(C(C)=O)cc1. The monoisotopic (exact) mass is 261 g/mol. The predicted octanol–water partition coefficient (Wildman–Crippen LogP) is 1.95. The van der Waals surface area contributed by atoms with Crippen LogP contribution in [0, 0.1) is 0 Å². The molecule has 1 amide bonds. The lowest BCUT2D eigenvalue weighted by atomic mass is 10.1. The van der Waals surface area contributed by atoms with Gasteiger partial charge in [0, 0.05) is 16.8 Å². The van der Waals surface area contributed by atoms with Gasteiger partial charge in [-0.1, -0.05) is 6.58 Å². The van der Waals surface area contributed by atoms with Gasteiger partial charge in [0.05, 0.1) is 0 Å². The Morgan fingerprint density at radius 1 is 1.16 bits per heavy atom. The third-order valence-electron chi connectivity index (χ3n) is 2.26. The number of amides is 1. The van der Waals surface area contributed by atoms with E-state index in [2.05, 4.69) is 11.9 Å². The molecule has 0 saturated heterocycles. The van der Waals surface area contributed by atoms with Gasteiger partial charge < -0.3 is 10.1 Å². The summed E-state index contributed by atoms with van der Waals surface area (Å²) >= 11 is 0. The highest BCUT2D eigenvalue weighted by molar-refractivity contribution is 5.96. The molecule has 100 valence electrons. The maximum Gasteiger partial charge on any atom is 0.333 e. The zero-order valence-electron chi connectivity index (χ0n) is 10.9. The molecule has 0 fully saturated rings. The summed E-state index contributed by atoms with van der Waals surface area (Å²) in [4.78, 5) is 33.6. The summed E-state index contributed by atoms with van der Waals surface area (Å²) in [7, 11) is 0. The highest BCUT2D eigenvalue weighted by atomic mass is 16.5. The Morgan fingerprint density at radius 2 is 1.74 bits per heavy atom. The van der Waals surface area contributed by atoms with Crippen LogP contribution in [0.1, 0.15) is 24.2 Å². The first-order chi connectivity index (χ1) is 8.90. The predicted molar refractivity (Wildman–Crippen MR) is 70.8 cm³/mol. The van der Waals surface area contributed by atoms with Crippen molar-refractivity contribution in [2.45, 2.75) is 13.8 Å². The molecule has 0 heterocycles. The molecule has 0 spiro atoms. The molecular formula is C14H15NO4. The molecule has 5 heteroatoms. The molecular weight excluding hydrogens is 246 g/mol. The highest BCUT2D eigenvalue weighted by Crippen LogP contribution is 2.09. The molecule has 1 aromatic rings. The summed E-state index contributed by atoms with van der Waals surface area (Å²) in [6, 6.07) is 6.43. The van der Waals surface area contributed by atoms with Crippen LogP contribution in [0.5, 0.6) is 0 Å². The van der Waals surface area contributed by atoms with Crippen molar-refractivity contribution in [1.29, 1.82) is 0 Å². The third kappa shape index (κ3) is 4.75. The smallest absolute Gasteiger partial charge is 0.333 e. The van der Waals surface area contributed by atoms with Gasteiger partial charge in [-0.25, -0.2) is 4.79 Å². The lowest BCUT2D eigenvalue weighted by Gasteiger charge is -2.06. The molecule has 0 bridgehead atoms. The Morgan fingerprint density at radius 3 is 2.21 bits per heavy atom. The number of ketones is 1. The van der Waals surface area contributed by atoms with Crippen LogP contribution in [-0.2, 0) is 14.3 Å². The number of benzene rings is 1. The molecule has 0 aliphatic carbocycles. The number of hydrogen-bond donors (Lipinski definition) is 1. The Hall–Kier alpha value is -2.43. The number of nitrogens with one attached hydrogen (secondary N) is 1. The quantitative estimate of drug-likeness (QED) is 0.499. The fourth-order valence-electron chi connectivity index (χ4n) is 1.24. The molecule has 1 rings (SSSR count). The summed E-state index contributed by atoms with van der Waals surface area (Å²) in [6.45, 7) is 5.99. The average Bonchev–Trinajstić information content (AvgIpc) is 2.36. The van der Waals surface area contributed by atoms with E-state index < -0.39 is 11.9 Å². The molecule has 0 aliphatic heterocycles. The van der Waals surface area contributed by atoms with Crippen molar-refractivity contribution in [3.63, 3.8) is 0 Å². The van der Waals surface area contributed by atoms with Crippen molar-refractivity contribution in [1.82, 2.24) is 0 Å². The topological polar surface area (TPSA) is 72.5 Å². The molecule has 0 unspecified atom stereocenters. The van der Waals surface area contributed by atoms with Crippen molar-refractivity contribution in [2.75, 3.05) is 11.9 Å². The minimum absolute atomic E-state index is 0.0479. The normalized spacial score (nSPS) is 9.58. The van der Waals surface area contributed by atoms with E-state index in [0.29, 0.717) is 11.3 Å². The van der Waals surface area contributed by atoms with E-state index in [1.165, 1.54) is 13.8 Å². The average molecular weight is 261 g/mol. The Kier molecular flexibility index (Phi) is 5.00. The van der Waals surface area contributed by atoms with Crippen molar-refractivity contribution in [3.8, 4) is 0 Å². The summed E-state index contributed by atoms with van der Waals surface area (Å²) in [5.74, 6) is -1.11. The summed E-state index contributed by atoms with van der Waals surface area (Å²) in [5.41, 5.74) is 1.33. The third-order valence-corrected chi connectivity index (χ3v) is 2.26. The molecule has 0 aliphatic rings. The number of ether oxygens (including phenoxy) is 1. The van der Waals surface area contributed by atoms with Crippen molar-refractivity contribution in [2.24, 2.45) is 0 Å². The first kappa shape index (κ1) is 14.6. The van der Waals surface area contributed by atoms with E-state index in [1.54, 1.807) is 24.3 Å². The van der Waals surface area contributed by atoms with Crippen molar-refractivity contribution < 1.29 is 19.1 Å². The fourth-order valence-corrected chi connectivity index (χ4v) is 1.24. The van der Waals surface area contributed by atoms with Crippen LogP contribution in [-0.4, -0.2) is 24.3 Å². The van der Waals surface area contributed by atoms with Gasteiger partial charge in [0.15, 0.2) is 12.4 Å². The van der Waals surface area contributed by atoms with Crippen LogP contribution < -0.4 is 5.32 Å². The summed E-state index contributed by atoms with van der Waals surface area (Å²) < 4.78 is 4.69. The Balaban J connectivity index is 2.50. The highest BCUT2D eigenvalue weighted by Gasteiger charge is 2.08. The molecule has 0 saturated carbocycles. The van der Waals surface area contributed by atoms with Gasteiger partial charge in [-0.2, -0.15) is 0 Å². The van der Waals surface area contributed by atoms with Gasteiger partial charge in [0.25, 0.3) is 5.91 Å². The number of carbonyl (C=O) groups excluding carboxylic acids is 3. The van der Waals surface area contributed by atoms with Crippen LogP contribution in [0.25, 0.3) is 0 Å². The number of anilines is 1. The molecule has 5 nitrogen and oxygen atoms in total. The second-order valence-electron chi connectivity index (χ2n) is 4.04. The number of rotatable bonds is 5. The number of Topliss-reactive ketones (excluding diaryl/α,β-unsaturated/α-hetero) is 1. The van der Waals surface area contributed by atoms with Gasteiger partial charge >= 0.3 is 5.97 Å². The summed E-state index contributed by atoms with van der Waals surface area (Å²) in [6.07, 6.45) is 0. The molecule has 0 atom stereocenters. The van der Waals surface area contributed by atoms with Gasteiger partial charge in [-0.3, -0.25) is 9.59 Å². The van der Waals surface area contributed by atoms with E-state index in [9.17, 15) is 14.4 Å². The largest absolute Gasteiger partial charge is 0.452 e. The second kappa shape index (κ2) is 6.49. The summed E-state index contributed by atoms with van der Waals surface area (Å²) in [5, 5.41) is 2.55. The molecule has 19 heavy (non-hydrogen) atoms. The minimum atomic E-state index is -0.609. The van der Waals surface area contributed by atoms with E-state index in [1.807, 2.05) is 0 Å². The first-order valence-corrected chi connectivity index (χ1v) is 5.63. The van der Waals surface area contributed by atoms with Crippen molar-refractivity contribution in [3.05, 3.63) is 42.0 Å². The zero-order valence-corrected chi connectivity index (χ0v) is 10.9. The maximum absolute atomic E-state index is 11.5. The van der Waals surface area contributed by atoms with E-state index in [4.69, 9.17) is 4.74 Å². The molecule has 1 aromatic carbocycles. The van der Waals surface area contributed by atoms with E-state index in [-0.39, 0.29) is 18.0 Å². The van der Waals surface area contributed by atoms with Gasteiger partial charge in [0.2, 0.25) is 0 Å². The van der Waals surface area contributed by atoms with Crippen LogP contribution >= 0.6 is 0 Å². The lowest BCUT2D eigenvalue weighted by molar-refractivity contribution is -0.143. The second-order valence-corrected chi connectivity index (χ2v) is 4.04. The standard InChI is InChI=1S/C14H15NO4/c1-9(2)14(18)19-8-13(17)15-12-6-4-11(5-7-12)10(3)16/h4-7H,1,8H2,2-3H3,(H,15,17). The zero-order chi connectivity index (χ0) is 14.4. The van der Waals surface area contributed by atoms with Gasteiger partial charge in [-0.05, 0) is 38.1 Å². The number of esters is 1. The van der Waals surface area contributed by atoms with Gasteiger partial charge in [-0.15, -0.1) is 0 Å². The Labute approximate surface area is 111 Å². The number of carbonyl (C=O) groups is 3. The first-order valence-electron chi connectivity index (χ1n) is 5.63. The van der Waals surface area contributed by atoms with E-state index in [0.717, 1.165) is 0 Å². The van der Waals surface area contributed by atoms with Gasteiger partial charge in [0.1, 0.15) is 0 Å². The number of hydrogen-bond acceptors (Lipinski definition) is 4. The fraction of sp³-hybridized carbons (Fsp3) is 0.214. The molecule has 0 aromatic heterocycles. The lowest BCUT2D eigenvalue weighted by Crippen LogP contribution is -2.21.